The van der Waals surface area contributed by atoms with Crippen molar-refractivity contribution in [1.82, 2.24) is 10.2 Å². The molecule has 1 aliphatic heterocycles. The molecule has 3 atom stereocenters. The number of piperazine rings is 1. The molecule has 4 rings (SSSR count). The van der Waals surface area contributed by atoms with Crippen molar-refractivity contribution in [2.45, 2.75) is 57.2 Å². The van der Waals surface area contributed by atoms with Crippen molar-refractivity contribution in [3.63, 3.8) is 0 Å². The number of rotatable bonds is 5. The molecule has 1 heterocycles. The maximum absolute atomic E-state index is 3.84. The van der Waals surface area contributed by atoms with Gasteiger partial charge in [-0.2, -0.15) is 0 Å². The fourth-order valence-electron chi connectivity index (χ4n) is 4.06. The van der Waals surface area contributed by atoms with Crippen LogP contribution in [0.15, 0.2) is 30.3 Å². The first-order valence-electron chi connectivity index (χ1n) is 8.85. The van der Waals surface area contributed by atoms with E-state index in [-0.39, 0.29) is 0 Å². The number of nitrogens with zero attached hydrogens (tertiary/aromatic N) is 1. The molecule has 2 aliphatic carbocycles. The van der Waals surface area contributed by atoms with Gasteiger partial charge in [0.15, 0.2) is 0 Å². The van der Waals surface area contributed by atoms with Crippen LogP contribution in [0.3, 0.4) is 0 Å². The molecule has 3 unspecified atom stereocenters. The summed E-state index contributed by atoms with van der Waals surface area (Å²) in [5, 5.41) is 3.84. The van der Waals surface area contributed by atoms with Crippen LogP contribution >= 0.6 is 0 Å². The molecule has 0 amide bonds. The molecule has 2 heteroatoms. The van der Waals surface area contributed by atoms with Gasteiger partial charge in [-0.25, -0.2) is 0 Å². The Morgan fingerprint density at radius 2 is 1.90 bits per heavy atom. The molecule has 0 spiro atoms. The third-order valence-electron chi connectivity index (χ3n) is 5.69. The van der Waals surface area contributed by atoms with Crippen LogP contribution in [0.2, 0.25) is 0 Å². The molecule has 0 aromatic heterocycles. The highest BCUT2D eigenvalue weighted by Gasteiger charge is 2.39. The van der Waals surface area contributed by atoms with E-state index in [0.29, 0.717) is 6.04 Å². The van der Waals surface area contributed by atoms with Crippen LogP contribution in [0, 0.1) is 11.8 Å². The second kappa shape index (κ2) is 5.73. The standard InChI is InChI=1S/C19H28N2/c1-14(11-15-7-8-15)21-13-18(16-9-10-16)20-12-19(21)17-5-3-2-4-6-17/h2-6,14-16,18-20H,7-13H2,1H3. The van der Waals surface area contributed by atoms with Gasteiger partial charge >= 0.3 is 0 Å². The summed E-state index contributed by atoms with van der Waals surface area (Å²) in [6, 6.07) is 13.2. The minimum atomic E-state index is 0.565. The molecule has 21 heavy (non-hydrogen) atoms. The average Bonchev–Trinajstić information content (AvgIpc) is 3.41. The molecule has 1 aromatic carbocycles. The first-order valence-corrected chi connectivity index (χ1v) is 8.85. The molecule has 0 radical (unpaired) electrons. The highest BCUT2D eigenvalue weighted by atomic mass is 15.3. The van der Waals surface area contributed by atoms with E-state index in [4.69, 9.17) is 0 Å². The Kier molecular flexibility index (Phi) is 3.76. The van der Waals surface area contributed by atoms with E-state index in [9.17, 15) is 0 Å². The molecule has 1 N–H and O–H groups in total. The first kappa shape index (κ1) is 13.8. The van der Waals surface area contributed by atoms with Gasteiger partial charge in [0.25, 0.3) is 0 Å². The Balaban J connectivity index is 1.51. The minimum Gasteiger partial charge on any atom is -0.311 e. The largest absolute Gasteiger partial charge is 0.311 e. The zero-order valence-corrected chi connectivity index (χ0v) is 13.2. The summed E-state index contributed by atoms with van der Waals surface area (Å²) in [7, 11) is 0. The van der Waals surface area contributed by atoms with Gasteiger partial charge in [0.2, 0.25) is 0 Å². The van der Waals surface area contributed by atoms with Gasteiger partial charge in [0.05, 0.1) is 0 Å². The molecule has 114 valence electrons. The second-order valence-electron chi connectivity index (χ2n) is 7.50. The lowest BCUT2D eigenvalue weighted by atomic mass is 9.96. The van der Waals surface area contributed by atoms with Crippen molar-refractivity contribution < 1.29 is 0 Å². The lowest BCUT2D eigenvalue weighted by molar-refractivity contribution is 0.0760. The van der Waals surface area contributed by atoms with E-state index >= 15 is 0 Å². The maximum Gasteiger partial charge on any atom is 0.0476 e. The van der Waals surface area contributed by atoms with E-state index < -0.39 is 0 Å². The van der Waals surface area contributed by atoms with Gasteiger partial charge in [-0.3, -0.25) is 4.90 Å². The van der Waals surface area contributed by atoms with Crippen LogP contribution in [0.5, 0.6) is 0 Å². The van der Waals surface area contributed by atoms with E-state index in [0.717, 1.165) is 30.5 Å². The van der Waals surface area contributed by atoms with E-state index in [1.165, 1.54) is 44.2 Å². The zero-order valence-electron chi connectivity index (χ0n) is 13.2. The maximum atomic E-state index is 3.84. The lowest BCUT2D eigenvalue weighted by Crippen LogP contribution is -2.55. The normalized spacial score (nSPS) is 32.0. The fourth-order valence-corrected chi connectivity index (χ4v) is 4.06. The van der Waals surface area contributed by atoms with E-state index in [1.54, 1.807) is 0 Å². The zero-order chi connectivity index (χ0) is 14.2. The summed E-state index contributed by atoms with van der Waals surface area (Å²) < 4.78 is 0. The smallest absolute Gasteiger partial charge is 0.0476 e. The Morgan fingerprint density at radius 3 is 2.57 bits per heavy atom. The van der Waals surface area contributed by atoms with Gasteiger partial charge < -0.3 is 5.32 Å². The van der Waals surface area contributed by atoms with Crippen molar-refractivity contribution in [1.29, 1.82) is 0 Å². The highest BCUT2D eigenvalue weighted by molar-refractivity contribution is 5.21. The fraction of sp³-hybridized carbons (Fsp3) is 0.684. The van der Waals surface area contributed by atoms with Crippen molar-refractivity contribution in [3.8, 4) is 0 Å². The molecule has 1 aromatic rings. The SMILES string of the molecule is CC(CC1CC1)N1CC(C2CC2)NCC1c1ccccc1. The van der Waals surface area contributed by atoms with Crippen LogP contribution in [0.4, 0.5) is 0 Å². The van der Waals surface area contributed by atoms with Crippen LogP contribution in [0.25, 0.3) is 0 Å². The van der Waals surface area contributed by atoms with E-state index in [2.05, 4.69) is 47.5 Å². The summed E-state index contributed by atoms with van der Waals surface area (Å²) in [6.45, 7) is 4.84. The Labute approximate surface area is 128 Å². The third kappa shape index (κ3) is 3.17. The summed E-state index contributed by atoms with van der Waals surface area (Å²) >= 11 is 0. The summed E-state index contributed by atoms with van der Waals surface area (Å²) in [6.07, 6.45) is 7.23. The molecule has 2 saturated carbocycles. The number of benzene rings is 1. The van der Waals surface area contributed by atoms with Gasteiger partial charge in [0, 0.05) is 31.2 Å². The van der Waals surface area contributed by atoms with Crippen molar-refractivity contribution in [3.05, 3.63) is 35.9 Å². The topological polar surface area (TPSA) is 15.3 Å². The minimum absolute atomic E-state index is 0.565. The predicted octanol–water partition coefficient (Wildman–Crippen LogP) is 3.60. The second-order valence-corrected chi connectivity index (χ2v) is 7.50. The summed E-state index contributed by atoms with van der Waals surface area (Å²) in [5.74, 6) is 1.98. The van der Waals surface area contributed by atoms with Gasteiger partial charge in [0.1, 0.15) is 0 Å². The average molecular weight is 284 g/mol. The van der Waals surface area contributed by atoms with Gasteiger partial charge in [-0.1, -0.05) is 43.2 Å². The molecular weight excluding hydrogens is 256 g/mol. The van der Waals surface area contributed by atoms with Crippen molar-refractivity contribution in [2.24, 2.45) is 11.8 Å². The Bertz CT molecular complexity index is 464. The predicted molar refractivity (Wildman–Crippen MR) is 87.2 cm³/mol. The molecule has 3 aliphatic rings. The van der Waals surface area contributed by atoms with E-state index in [1.807, 2.05) is 0 Å². The summed E-state index contributed by atoms with van der Waals surface area (Å²) in [4.78, 5) is 2.81. The molecule has 1 saturated heterocycles. The molecule has 0 bridgehead atoms. The Hall–Kier alpha value is -0.860. The number of hydrogen-bond donors (Lipinski definition) is 1. The third-order valence-corrected chi connectivity index (χ3v) is 5.69. The van der Waals surface area contributed by atoms with Gasteiger partial charge in [-0.15, -0.1) is 0 Å². The van der Waals surface area contributed by atoms with Crippen LogP contribution in [0.1, 0.15) is 50.6 Å². The van der Waals surface area contributed by atoms with Crippen molar-refractivity contribution in [2.75, 3.05) is 13.1 Å². The van der Waals surface area contributed by atoms with Crippen LogP contribution in [-0.2, 0) is 0 Å². The monoisotopic (exact) mass is 284 g/mol. The number of hydrogen-bond acceptors (Lipinski definition) is 2. The molecular formula is C19H28N2. The summed E-state index contributed by atoms with van der Waals surface area (Å²) in [5.41, 5.74) is 1.49. The number of nitrogens with one attached hydrogen (secondary N) is 1. The van der Waals surface area contributed by atoms with Crippen LogP contribution < -0.4 is 5.32 Å². The van der Waals surface area contributed by atoms with Crippen LogP contribution in [-0.4, -0.2) is 30.1 Å². The molecule has 3 fully saturated rings. The Morgan fingerprint density at radius 1 is 1.14 bits per heavy atom. The van der Waals surface area contributed by atoms with Gasteiger partial charge in [-0.05, 0) is 43.6 Å². The lowest BCUT2D eigenvalue weighted by Gasteiger charge is -2.44. The quantitative estimate of drug-likeness (QED) is 0.889. The molecule has 2 nitrogen and oxygen atoms in total. The van der Waals surface area contributed by atoms with Crippen molar-refractivity contribution >= 4 is 0 Å². The highest BCUT2D eigenvalue weighted by Crippen LogP contribution is 2.40. The first-order chi connectivity index (χ1) is 10.3.